The van der Waals surface area contributed by atoms with Crippen molar-refractivity contribution in [1.82, 2.24) is 9.80 Å². The fraction of sp³-hybridized carbons (Fsp3) is 0.316. The van der Waals surface area contributed by atoms with Crippen LogP contribution in [-0.2, 0) is 4.79 Å². The SMILES string of the molecule is CN1CCN(C(=O)COc2cccc([N+](=O)[O-])c2)C(c2ccccc2)C1. The van der Waals surface area contributed by atoms with E-state index in [-0.39, 0.29) is 24.2 Å². The van der Waals surface area contributed by atoms with E-state index in [9.17, 15) is 14.9 Å². The van der Waals surface area contributed by atoms with E-state index in [4.69, 9.17) is 4.74 Å². The van der Waals surface area contributed by atoms with Crippen LogP contribution >= 0.6 is 0 Å². The van der Waals surface area contributed by atoms with Crippen LogP contribution in [0.3, 0.4) is 0 Å². The van der Waals surface area contributed by atoms with Gasteiger partial charge in [-0.1, -0.05) is 36.4 Å². The number of rotatable bonds is 5. The van der Waals surface area contributed by atoms with Gasteiger partial charge in [0.25, 0.3) is 11.6 Å². The van der Waals surface area contributed by atoms with Gasteiger partial charge in [0.15, 0.2) is 6.61 Å². The zero-order chi connectivity index (χ0) is 18.5. The smallest absolute Gasteiger partial charge is 0.273 e. The van der Waals surface area contributed by atoms with E-state index in [2.05, 4.69) is 4.90 Å². The Hall–Kier alpha value is -2.93. The molecule has 1 unspecified atom stereocenters. The molecule has 0 saturated carbocycles. The second-order valence-electron chi connectivity index (χ2n) is 6.32. The number of piperazine rings is 1. The number of hydrogen-bond donors (Lipinski definition) is 0. The summed E-state index contributed by atoms with van der Waals surface area (Å²) in [5.41, 5.74) is 1.03. The van der Waals surface area contributed by atoms with Crippen LogP contribution in [0.25, 0.3) is 0 Å². The van der Waals surface area contributed by atoms with Crippen molar-refractivity contribution in [3.8, 4) is 5.75 Å². The number of benzene rings is 2. The van der Waals surface area contributed by atoms with Gasteiger partial charge in [0.2, 0.25) is 0 Å². The van der Waals surface area contributed by atoms with Gasteiger partial charge >= 0.3 is 0 Å². The molecule has 2 aromatic carbocycles. The molecular weight excluding hydrogens is 334 g/mol. The Bertz CT molecular complexity index is 781. The number of hydrogen-bond acceptors (Lipinski definition) is 5. The molecule has 1 aliphatic heterocycles. The summed E-state index contributed by atoms with van der Waals surface area (Å²) in [5.74, 6) is 0.191. The Morgan fingerprint density at radius 1 is 1.19 bits per heavy atom. The Kier molecular flexibility index (Phi) is 5.48. The maximum absolute atomic E-state index is 12.7. The minimum absolute atomic E-state index is 0.0313. The van der Waals surface area contributed by atoms with Crippen molar-refractivity contribution in [1.29, 1.82) is 0 Å². The molecule has 136 valence electrons. The molecule has 1 saturated heterocycles. The summed E-state index contributed by atoms with van der Waals surface area (Å²) >= 11 is 0. The average Bonchev–Trinajstić information content (AvgIpc) is 2.67. The van der Waals surface area contributed by atoms with Gasteiger partial charge in [-0.2, -0.15) is 0 Å². The Labute approximate surface area is 151 Å². The van der Waals surface area contributed by atoms with E-state index in [1.54, 1.807) is 12.1 Å². The quantitative estimate of drug-likeness (QED) is 0.608. The van der Waals surface area contributed by atoms with Crippen molar-refractivity contribution >= 4 is 11.6 Å². The number of amides is 1. The second-order valence-corrected chi connectivity index (χ2v) is 6.32. The first-order chi connectivity index (χ1) is 12.5. The van der Waals surface area contributed by atoms with E-state index >= 15 is 0 Å². The van der Waals surface area contributed by atoms with E-state index < -0.39 is 4.92 Å². The first-order valence-electron chi connectivity index (χ1n) is 8.45. The number of ether oxygens (including phenoxy) is 1. The molecule has 1 atom stereocenters. The van der Waals surface area contributed by atoms with E-state index in [1.165, 1.54) is 12.1 Å². The minimum atomic E-state index is -0.486. The lowest BCUT2D eigenvalue weighted by Gasteiger charge is -2.40. The van der Waals surface area contributed by atoms with Crippen LogP contribution in [-0.4, -0.2) is 53.9 Å². The predicted molar refractivity (Wildman–Crippen MR) is 97.0 cm³/mol. The van der Waals surface area contributed by atoms with Gasteiger partial charge in [0.1, 0.15) is 5.75 Å². The molecule has 0 aliphatic carbocycles. The highest BCUT2D eigenvalue weighted by molar-refractivity contribution is 5.78. The topological polar surface area (TPSA) is 75.9 Å². The molecule has 0 bridgehead atoms. The molecule has 0 N–H and O–H groups in total. The minimum Gasteiger partial charge on any atom is -0.484 e. The zero-order valence-electron chi connectivity index (χ0n) is 14.6. The Balaban J connectivity index is 1.69. The Morgan fingerprint density at radius 3 is 2.69 bits per heavy atom. The fourth-order valence-electron chi connectivity index (χ4n) is 3.09. The summed E-state index contributed by atoms with van der Waals surface area (Å²) < 4.78 is 5.51. The highest BCUT2D eigenvalue weighted by Gasteiger charge is 2.30. The lowest BCUT2D eigenvalue weighted by molar-refractivity contribution is -0.384. The highest BCUT2D eigenvalue weighted by Crippen LogP contribution is 2.25. The summed E-state index contributed by atoms with van der Waals surface area (Å²) in [6.45, 7) is 2.03. The average molecular weight is 355 g/mol. The van der Waals surface area contributed by atoms with Crippen LogP contribution in [0, 0.1) is 10.1 Å². The number of carbonyl (C=O) groups is 1. The van der Waals surface area contributed by atoms with Gasteiger partial charge in [-0.3, -0.25) is 14.9 Å². The number of carbonyl (C=O) groups excluding carboxylic acids is 1. The molecule has 0 spiro atoms. The van der Waals surface area contributed by atoms with Crippen molar-refractivity contribution < 1.29 is 14.5 Å². The first kappa shape index (κ1) is 17.9. The van der Waals surface area contributed by atoms with Crippen molar-refractivity contribution in [3.05, 3.63) is 70.3 Å². The Morgan fingerprint density at radius 2 is 1.96 bits per heavy atom. The third-order valence-electron chi connectivity index (χ3n) is 4.48. The molecular formula is C19H21N3O4. The summed E-state index contributed by atoms with van der Waals surface area (Å²) in [7, 11) is 2.04. The van der Waals surface area contributed by atoms with E-state index in [0.29, 0.717) is 12.3 Å². The monoisotopic (exact) mass is 355 g/mol. The van der Waals surface area contributed by atoms with Crippen LogP contribution in [0.15, 0.2) is 54.6 Å². The molecule has 1 fully saturated rings. The van der Waals surface area contributed by atoms with Crippen molar-refractivity contribution in [2.24, 2.45) is 0 Å². The normalized spacial score (nSPS) is 17.7. The molecule has 0 aromatic heterocycles. The maximum atomic E-state index is 12.7. The summed E-state index contributed by atoms with van der Waals surface area (Å²) in [6.07, 6.45) is 0. The standard InChI is InChI=1S/C19H21N3O4/c1-20-10-11-21(18(13-20)15-6-3-2-4-7-15)19(23)14-26-17-9-5-8-16(12-17)22(24)25/h2-9,12,18H,10-11,13-14H2,1H3. The van der Waals surface area contributed by atoms with E-state index in [1.807, 2.05) is 42.3 Å². The molecule has 0 radical (unpaired) electrons. The maximum Gasteiger partial charge on any atom is 0.273 e. The third-order valence-corrected chi connectivity index (χ3v) is 4.48. The second kappa shape index (κ2) is 7.97. The van der Waals surface area contributed by atoms with Crippen molar-refractivity contribution in [3.63, 3.8) is 0 Å². The number of non-ortho nitro benzene ring substituents is 1. The van der Waals surface area contributed by atoms with Crippen LogP contribution < -0.4 is 4.74 Å². The predicted octanol–water partition coefficient (Wildman–Crippen LogP) is 2.49. The van der Waals surface area contributed by atoms with Gasteiger partial charge in [-0.25, -0.2) is 0 Å². The number of nitrogens with zero attached hydrogens (tertiary/aromatic N) is 3. The number of nitro groups is 1. The molecule has 2 aromatic rings. The van der Waals surface area contributed by atoms with Crippen LogP contribution in [0.4, 0.5) is 5.69 Å². The molecule has 7 nitrogen and oxygen atoms in total. The molecule has 1 aliphatic rings. The van der Waals surface area contributed by atoms with Gasteiger partial charge in [0.05, 0.1) is 17.0 Å². The van der Waals surface area contributed by atoms with Crippen LogP contribution in [0.5, 0.6) is 5.75 Å². The van der Waals surface area contributed by atoms with Gasteiger partial charge in [0, 0.05) is 25.7 Å². The summed E-state index contributed by atoms with van der Waals surface area (Å²) in [5, 5.41) is 10.8. The largest absolute Gasteiger partial charge is 0.484 e. The van der Waals surface area contributed by atoms with E-state index in [0.717, 1.165) is 18.7 Å². The molecule has 7 heteroatoms. The molecule has 1 amide bonds. The lowest BCUT2D eigenvalue weighted by Crippen LogP contribution is -2.50. The van der Waals surface area contributed by atoms with Crippen molar-refractivity contribution in [2.75, 3.05) is 33.3 Å². The molecule has 3 rings (SSSR count). The van der Waals surface area contributed by atoms with Gasteiger partial charge in [-0.15, -0.1) is 0 Å². The number of nitro benzene ring substituents is 1. The molecule has 26 heavy (non-hydrogen) atoms. The van der Waals surface area contributed by atoms with Gasteiger partial charge < -0.3 is 14.5 Å². The number of likely N-dealkylation sites (N-methyl/N-ethyl adjacent to an activating group) is 1. The summed E-state index contributed by atoms with van der Waals surface area (Å²) in [6, 6.07) is 15.8. The first-order valence-corrected chi connectivity index (χ1v) is 8.45. The zero-order valence-corrected chi connectivity index (χ0v) is 14.6. The summed E-state index contributed by atoms with van der Waals surface area (Å²) in [4.78, 5) is 27.1. The van der Waals surface area contributed by atoms with Crippen LogP contribution in [0.2, 0.25) is 0 Å². The van der Waals surface area contributed by atoms with Crippen molar-refractivity contribution in [2.45, 2.75) is 6.04 Å². The lowest BCUT2D eigenvalue weighted by atomic mass is 10.0. The van der Waals surface area contributed by atoms with Gasteiger partial charge in [-0.05, 0) is 18.7 Å². The fourth-order valence-corrected chi connectivity index (χ4v) is 3.09. The highest BCUT2D eigenvalue weighted by atomic mass is 16.6. The van der Waals surface area contributed by atoms with Crippen LogP contribution in [0.1, 0.15) is 11.6 Å². The third kappa shape index (κ3) is 4.18. The molecule has 1 heterocycles.